The van der Waals surface area contributed by atoms with Crippen LogP contribution in [0.5, 0.6) is 0 Å². The highest BCUT2D eigenvalue weighted by Gasteiger charge is 2.31. The van der Waals surface area contributed by atoms with Crippen molar-refractivity contribution in [2.24, 2.45) is 0 Å². The zero-order valence-electron chi connectivity index (χ0n) is 11.3. The van der Waals surface area contributed by atoms with E-state index in [4.69, 9.17) is 10.5 Å². The Kier molecular flexibility index (Phi) is 3.74. The predicted octanol–water partition coefficient (Wildman–Crippen LogP) is 0.714. The average Bonchev–Trinajstić information content (AvgIpc) is 2.96. The standard InChI is InChI=1S/C14H15N5O2/c15-13-11(17-5-6-18-13)14(20)19-10-3-7-21-12(10)9-2-1-4-16-8-9/h1-2,4-6,8,10,12H,3,7H2,(H2,15,18)(H,19,20)/t10-,12+/m0/s1. The maximum Gasteiger partial charge on any atom is 0.274 e. The Morgan fingerprint density at radius 1 is 1.33 bits per heavy atom. The van der Waals surface area contributed by atoms with Gasteiger partial charge < -0.3 is 15.8 Å². The van der Waals surface area contributed by atoms with Crippen LogP contribution in [0, 0.1) is 0 Å². The Labute approximate surface area is 121 Å². The lowest BCUT2D eigenvalue weighted by Gasteiger charge is -2.19. The molecule has 0 bridgehead atoms. The lowest BCUT2D eigenvalue weighted by atomic mass is 10.0. The molecule has 3 rings (SSSR count). The van der Waals surface area contributed by atoms with E-state index in [2.05, 4.69) is 20.3 Å². The van der Waals surface area contributed by atoms with E-state index in [1.165, 1.54) is 12.4 Å². The summed E-state index contributed by atoms with van der Waals surface area (Å²) in [7, 11) is 0. The highest BCUT2D eigenvalue weighted by atomic mass is 16.5. The highest BCUT2D eigenvalue weighted by molar-refractivity contribution is 5.96. The number of nitrogens with one attached hydrogen (secondary N) is 1. The second-order valence-electron chi connectivity index (χ2n) is 4.74. The first kappa shape index (κ1) is 13.4. The molecule has 0 unspecified atom stereocenters. The van der Waals surface area contributed by atoms with Gasteiger partial charge in [-0.15, -0.1) is 0 Å². The molecule has 1 aliphatic rings. The van der Waals surface area contributed by atoms with Gasteiger partial charge in [-0.3, -0.25) is 9.78 Å². The molecule has 108 valence electrons. The topological polar surface area (TPSA) is 103 Å². The van der Waals surface area contributed by atoms with Gasteiger partial charge in [0.1, 0.15) is 6.10 Å². The monoisotopic (exact) mass is 285 g/mol. The number of hydrogen-bond acceptors (Lipinski definition) is 6. The molecule has 1 amide bonds. The molecular weight excluding hydrogens is 270 g/mol. The molecule has 2 aromatic rings. The number of aromatic nitrogens is 3. The third kappa shape index (κ3) is 2.82. The van der Waals surface area contributed by atoms with Crippen LogP contribution in [0.3, 0.4) is 0 Å². The summed E-state index contributed by atoms with van der Waals surface area (Å²) in [5, 5.41) is 2.91. The molecule has 2 aromatic heterocycles. The predicted molar refractivity (Wildman–Crippen MR) is 75.2 cm³/mol. The van der Waals surface area contributed by atoms with Crippen LogP contribution in [0.25, 0.3) is 0 Å². The minimum atomic E-state index is -0.343. The third-order valence-electron chi connectivity index (χ3n) is 3.36. The molecule has 3 heterocycles. The summed E-state index contributed by atoms with van der Waals surface area (Å²) in [6.07, 6.45) is 6.85. The second kappa shape index (κ2) is 5.84. The van der Waals surface area contributed by atoms with Gasteiger partial charge >= 0.3 is 0 Å². The van der Waals surface area contributed by atoms with Crippen LogP contribution in [-0.2, 0) is 4.74 Å². The molecule has 21 heavy (non-hydrogen) atoms. The van der Waals surface area contributed by atoms with Crippen molar-refractivity contribution < 1.29 is 9.53 Å². The number of ether oxygens (including phenoxy) is 1. The van der Waals surface area contributed by atoms with Crippen molar-refractivity contribution in [3.63, 3.8) is 0 Å². The number of nitrogen functional groups attached to an aromatic ring is 1. The van der Waals surface area contributed by atoms with Crippen molar-refractivity contribution in [3.8, 4) is 0 Å². The first-order valence-electron chi connectivity index (χ1n) is 6.64. The minimum absolute atomic E-state index is 0.117. The molecule has 0 saturated carbocycles. The Balaban J connectivity index is 1.75. The van der Waals surface area contributed by atoms with E-state index in [-0.39, 0.29) is 29.6 Å². The number of nitrogens with two attached hydrogens (primary N) is 1. The number of carbonyl (C=O) groups is 1. The Hall–Kier alpha value is -2.54. The van der Waals surface area contributed by atoms with E-state index in [1.807, 2.05) is 12.1 Å². The normalized spacial score (nSPS) is 21.1. The molecule has 2 atom stereocenters. The van der Waals surface area contributed by atoms with Gasteiger partial charge in [0.05, 0.1) is 6.04 Å². The van der Waals surface area contributed by atoms with Crippen molar-refractivity contribution in [1.82, 2.24) is 20.3 Å². The molecular formula is C14H15N5O2. The molecule has 7 nitrogen and oxygen atoms in total. The smallest absolute Gasteiger partial charge is 0.274 e. The Morgan fingerprint density at radius 2 is 2.19 bits per heavy atom. The van der Waals surface area contributed by atoms with Crippen LogP contribution in [0.15, 0.2) is 36.9 Å². The van der Waals surface area contributed by atoms with Gasteiger partial charge in [-0.2, -0.15) is 0 Å². The van der Waals surface area contributed by atoms with E-state index in [1.54, 1.807) is 12.4 Å². The first-order valence-corrected chi connectivity index (χ1v) is 6.64. The minimum Gasteiger partial charge on any atom is -0.382 e. The summed E-state index contributed by atoms with van der Waals surface area (Å²) in [5.74, 6) is -0.225. The van der Waals surface area contributed by atoms with E-state index >= 15 is 0 Å². The van der Waals surface area contributed by atoms with Crippen LogP contribution in [0.4, 0.5) is 5.82 Å². The summed E-state index contributed by atoms with van der Waals surface area (Å²) in [6.45, 7) is 0.584. The quantitative estimate of drug-likeness (QED) is 0.861. The van der Waals surface area contributed by atoms with Gasteiger partial charge in [-0.05, 0) is 12.5 Å². The highest BCUT2D eigenvalue weighted by Crippen LogP contribution is 2.28. The van der Waals surface area contributed by atoms with Crippen LogP contribution >= 0.6 is 0 Å². The maximum absolute atomic E-state index is 12.2. The van der Waals surface area contributed by atoms with Crippen molar-refractivity contribution in [3.05, 3.63) is 48.2 Å². The van der Waals surface area contributed by atoms with E-state index in [0.29, 0.717) is 6.61 Å². The molecule has 0 radical (unpaired) electrons. The SMILES string of the molecule is Nc1nccnc1C(=O)N[C@H]1CCO[C@@H]1c1cccnc1. The van der Waals surface area contributed by atoms with Crippen molar-refractivity contribution in [1.29, 1.82) is 0 Å². The third-order valence-corrected chi connectivity index (χ3v) is 3.36. The van der Waals surface area contributed by atoms with Crippen molar-refractivity contribution in [2.45, 2.75) is 18.6 Å². The fourth-order valence-electron chi connectivity index (χ4n) is 2.37. The zero-order chi connectivity index (χ0) is 14.7. The summed E-state index contributed by atoms with van der Waals surface area (Å²) >= 11 is 0. The van der Waals surface area contributed by atoms with Gasteiger partial charge in [-0.25, -0.2) is 9.97 Å². The van der Waals surface area contributed by atoms with Crippen LogP contribution in [0.2, 0.25) is 0 Å². The molecule has 0 aromatic carbocycles. The van der Waals surface area contributed by atoms with Crippen molar-refractivity contribution in [2.75, 3.05) is 12.3 Å². The summed E-state index contributed by atoms with van der Waals surface area (Å²) in [4.78, 5) is 24.1. The molecule has 1 saturated heterocycles. The number of amides is 1. The fourth-order valence-corrected chi connectivity index (χ4v) is 2.37. The van der Waals surface area contributed by atoms with Gasteiger partial charge in [0, 0.05) is 37.0 Å². The molecule has 0 spiro atoms. The Morgan fingerprint density at radius 3 is 2.95 bits per heavy atom. The van der Waals surface area contributed by atoms with Gasteiger partial charge in [0.25, 0.3) is 5.91 Å². The van der Waals surface area contributed by atoms with Crippen LogP contribution in [-0.4, -0.2) is 33.5 Å². The van der Waals surface area contributed by atoms with E-state index in [0.717, 1.165) is 12.0 Å². The Bertz CT molecular complexity index is 634. The lowest BCUT2D eigenvalue weighted by molar-refractivity contribution is 0.0817. The number of anilines is 1. The maximum atomic E-state index is 12.2. The summed E-state index contributed by atoms with van der Waals surface area (Å²) < 4.78 is 5.70. The molecule has 1 aliphatic heterocycles. The van der Waals surface area contributed by atoms with Crippen LogP contribution in [0.1, 0.15) is 28.6 Å². The molecule has 7 heteroatoms. The number of carbonyl (C=O) groups excluding carboxylic acids is 1. The first-order chi connectivity index (χ1) is 10.3. The van der Waals surface area contributed by atoms with E-state index < -0.39 is 0 Å². The number of rotatable bonds is 3. The summed E-state index contributed by atoms with van der Waals surface area (Å²) in [6, 6.07) is 3.64. The lowest BCUT2D eigenvalue weighted by Crippen LogP contribution is -2.37. The van der Waals surface area contributed by atoms with Crippen LogP contribution < -0.4 is 11.1 Å². The fraction of sp³-hybridized carbons (Fsp3) is 0.286. The molecule has 1 fully saturated rings. The average molecular weight is 285 g/mol. The second-order valence-corrected chi connectivity index (χ2v) is 4.74. The van der Waals surface area contributed by atoms with Gasteiger partial charge in [0.2, 0.25) is 0 Å². The van der Waals surface area contributed by atoms with Gasteiger partial charge in [0.15, 0.2) is 11.5 Å². The largest absolute Gasteiger partial charge is 0.382 e. The molecule has 0 aliphatic carbocycles. The van der Waals surface area contributed by atoms with Gasteiger partial charge in [-0.1, -0.05) is 6.07 Å². The van der Waals surface area contributed by atoms with E-state index in [9.17, 15) is 4.79 Å². The van der Waals surface area contributed by atoms with Crippen molar-refractivity contribution >= 4 is 11.7 Å². The number of nitrogens with zero attached hydrogens (tertiary/aromatic N) is 3. The molecule has 3 N–H and O–H groups in total. The summed E-state index contributed by atoms with van der Waals surface area (Å²) in [5.41, 5.74) is 6.74. The number of hydrogen-bond donors (Lipinski definition) is 2. The number of pyridine rings is 1. The zero-order valence-corrected chi connectivity index (χ0v) is 11.3.